The minimum absolute atomic E-state index is 0. The number of rotatable bonds is 2. The van der Waals surface area contributed by atoms with E-state index in [0.29, 0.717) is 0 Å². The Hall–Kier alpha value is 2.06. The molecule has 8 nitrogen and oxygen atoms in total. The van der Waals surface area contributed by atoms with Gasteiger partial charge in [-0.2, -0.15) is 0 Å². The Bertz CT molecular complexity index is 393. The molecule has 0 spiro atoms. The molecule has 0 saturated carbocycles. The number of hydrogen-bond donors (Lipinski definition) is 2. The molecule has 0 aromatic carbocycles. The SMILES string of the molecule is [Br-].[K+].[O]=[Cr](=[O])([OH])[O][Cr](=[O])(=[O])(=[O])[OH]. The molecule has 0 bridgehead atoms. The Morgan fingerprint density at radius 3 is 1.42 bits per heavy atom. The van der Waals surface area contributed by atoms with Crippen LogP contribution in [-0.4, -0.2) is 8.32 Å². The molecule has 0 fully saturated rings. The van der Waals surface area contributed by atoms with E-state index in [0.717, 1.165) is 0 Å². The average molecular weight is 353 g/mol. The second kappa shape index (κ2) is 5.23. The van der Waals surface area contributed by atoms with Gasteiger partial charge in [0.2, 0.25) is 0 Å². The molecule has 0 saturated heterocycles. The summed E-state index contributed by atoms with van der Waals surface area (Å²) in [4.78, 5) is 0. The Balaban J connectivity index is -0.000000405. The van der Waals surface area contributed by atoms with E-state index in [1.165, 1.54) is 0 Å². The topological polar surface area (TPSA) is 135 Å². The van der Waals surface area contributed by atoms with Crippen LogP contribution in [-0.2, 0) is 47.9 Å². The van der Waals surface area contributed by atoms with Crippen LogP contribution in [0.3, 0.4) is 0 Å². The molecular weight excluding hydrogens is 351 g/mol. The van der Waals surface area contributed by atoms with Crippen LogP contribution in [0.25, 0.3) is 0 Å². The van der Waals surface area contributed by atoms with E-state index in [-0.39, 0.29) is 68.4 Å². The van der Waals surface area contributed by atoms with E-state index >= 15 is 0 Å². The van der Waals surface area contributed by atoms with Crippen LogP contribution in [0.5, 0.6) is 0 Å². The van der Waals surface area contributed by atoms with Crippen molar-refractivity contribution in [1.29, 1.82) is 0 Å². The van der Waals surface area contributed by atoms with Gasteiger partial charge < -0.3 is 17.0 Å². The van der Waals surface area contributed by atoms with Gasteiger partial charge in [0.05, 0.1) is 0 Å². The van der Waals surface area contributed by atoms with Crippen molar-refractivity contribution < 1.29 is 125 Å². The zero-order valence-electron chi connectivity index (χ0n) is 5.54. The molecule has 12 heteroatoms. The van der Waals surface area contributed by atoms with Gasteiger partial charge in [-0.05, 0) is 0 Å². The molecule has 0 aromatic rings. The summed E-state index contributed by atoms with van der Waals surface area (Å²) in [6.07, 6.45) is 0. The Morgan fingerprint density at radius 2 is 1.42 bits per heavy atom. The first-order chi connectivity index (χ1) is 3.96. The predicted molar refractivity (Wildman–Crippen MR) is 8.96 cm³/mol. The molecule has 0 atom stereocenters. The van der Waals surface area contributed by atoms with Crippen LogP contribution >= 0.6 is 0 Å². The molecule has 0 amide bonds. The van der Waals surface area contributed by atoms with Gasteiger partial charge in [-0.25, -0.2) is 0 Å². The summed E-state index contributed by atoms with van der Waals surface area (Å²) in [7, 11) is 0. The Labute approximate surface area is 122 Å². The number of hydrogen-bond acceptors (Lipinski definition) is 6. The maximum absolute atomic E-state index is 9.56. The van der Waals surface area contributed by atoms with E-state index in [9.17, 15) is 19.0 Å². The van der Waals surface area contributed by atoms with Crippen molar-refractivity contribution in [3.05, 3.63) is 0 Å². The molecule has 0 heterocycles. The Morgan fingerprint density at radius 1 is 1.17 bits per heavy atom. The van der Waals surface area contributed by atoms with Gasteiger partial charge in [-0.1, -0.05) is 0 Å². The minimum atomic E-state index is -7.67. The van der Waals surface area contributed by atoms with Gasteiger partial charge >= 0.3 is 108 Å². The first-order valence-corrected chi connectivity index (χ1v) is 6.32. The van der Waals surface area contributed by atoms with Crippen LogP contribution in [0.1, 0.15) is 0 Å². The van der Waals surface area contributed by atoms with Crippen molar-refractivity contribution in [3.8, 4) is 0 Å². The van der Waals surface area contributed by atoms with Gasteiger partial charge in [0.1, 0.15) is 0 Å². The number of halogens is 1. The molecule has 0 aromatic heterocycles. The molecule has 0 rings (SSSR count). The standard InChI is InChI=1S/BrH.2Cr.K.2H2O.6O/h1H;;;;2*1H2;;;;;;/q;3*+1;;;;;;;;/p-3. The molecular formula is H2BrCr2KO8. The zero-order valence-corrected chi connectivity index (χ0v) is 12.8. The van der Waals surface area contributed by atoms with Crippen LogP contribution in [0.4, 0.5) is 0 Å². The summed E-state index contributed by atoms with van der Waals surface area (Å²) < 4.78 is 65.4. The predicted octanol–water partition coefficient (Wildman–Crippen LogP) is -7.77. The van der Waals surface area contributed by atoms with E-state index in [2.05, 4.69) is 2.84 Å². The summed E-state index contributed by atoms with van der Waals surface area (Å²) in [6.45, 7) is 0. The first kappa shape index (κ1) is 19.6. The first-order valence-electron chi connectivity index (χ1n) is 1.53. The fourth-order valence-electron chi connectivity index (χ4n) is 0.144. The van der Waals surface area contributed by atoms with Crippen LogP contribution in [0, 0.1) is 0 Å². The summed E-state index contributed by atoms with van der Waals surface area (Å²) in [6, 6.07) is 0. The molecule has 0 aliphatic heterocycles. The molecule has 0 radical (unpaired) electrons. The van der Waals surface area contributed by atoms with Crippen LogP contribution in [0.2, 0.25) is 0 Å². The monoisotopic (exact) mass is 352 g/mol. The fourth-order valence-corrected chi connectivity index (χ4v) is 2.44. The van der Waals surface area contributed by atoms with Gasteiger partial charge in [0.15, 0.2) is 0 Å². The molecule has 2 N–H and O–H groups in total. The fraction of sp³-hybridized carbons (Fsp3) is 0. The van der Waals surface area contributed by atoms with Crippen molar-refractivity contribution in [1.82, 2.24) is 0 Å². The van der Waals surface area contributed by atoms with Gasteiger partial charge in [0.25, 0.3) is 0 Å². The summed E-state index contributed by atoms with van der Waals surface area (Å²) in [5.41, 5.74) is 0. The quantitative estimate of drug-likeness (QED) is 0.468. The van der Waals surface area contributed by atoms with Crippen LogP contribution in [0.15, 0.2) is 0 Å². The Kier molecular flexibility index (Phi) is 8.54. The third-order valence-electron chi connectivity index (χ3n) is 0.200. The van der Waals surface area contributed by atoms with Crippen molar-refractivity contribution >= 4 is 0 Å². The van der Waals surface area contributed by atoms with Crippen molar-refractivity contribution in [3.63, 3.8) is 0 Å². The van der Waals surface area contributed by atoms with Crippen LogP contribution < -0.4 is 68.4 Å². The van der Waals surface area contributed by atoms with E-state index in [1.807, 2.05) is 0 Å². The average Bonchev–Trinajstić information content (AvgIpc) is 1.09. The normalized spacial score (nSPS) is 12.6. The van der Waals surface area contributed by atoms with Gasteiger partial charge in [-0.3, -0.25) is 0 Å². The third kappa shape index (κ3) is 18.0. The zero-order chi connectivity index (χ0) is 8.65. The van der Waals surface area contributed by atoms with Crippen molar-refractivity contribution in [2.75, 3.05) is 0 Å². The summed E-state index contributed by atoms with van der Waals surface area (Å²) in [5, 5.41) is 0. The molecule has 70 valence electrons. The van der Waals surface area contributed by atoms with E-state index in [1.54, 1.807) is 0 Å². The van der Waals surface area contributed by atoms with E-state index < -0.39 is 26.1 Å². The van der Waals surface area contributed by atoms with Crippen molar-refractivity contribution in [2.24, 2.45) is 0 Å². The summed E-state index contributed by atoms with van der Waals surface area (Å²) >= 11 is -13.8. The molecule has 0 unspecified atom stereocenters. The molecule has 12 heavy (non-hydrogen) atoms. The second-order valence-corrected chi connectivity index (χ2v) is 5.83. The summed E-state index contributed by atoms with van der Waals surface area (Å²) in [5.74, 6) is 0. The van der Waals surface area contributed by atoms with E-state index in [4.69, 9.17) is 8.32 Å². The molecule has 0 aliphatic carbocycles. The van der Waals surface area contributed by atoms with Gasteiger partial charge in [0, 0.05) is 0 Å². The third-order valence-corrected chi connectivity index (χ3v) is 3.40. The van der Waals surface area contributed by atoms with Gasteiger partial charge in [-0.15, -0.1) is 0 Å². The second-order valence-electron chi connectivity index (χ2n) is 1.20. The molecule has 0 aliphatic rings. The van der Waals surface area contributed by atoms with Crippen molar-refractivity contribution in [2.45, 2.75) is 0 Å². The maximum atomic E-state index is 9.56.